The van der Waals surface area contributed by atoms with Gasteiger partial charge < -0.3 is 9.84 Å². The molecule has 1 atom stereocenters. The minimum absolute atomic E-state index is 0.160. The van der Waals surface area contributed by atoms with Crippen LogP contribution in [-0.2, 0) is 9.53 Å². The Morgan fingerprint density at radius 3 is 2.60 bits per heavy atom. The number of rotatable bonds is 2. The van der Waals surface area contributed by atoms with E-state index in [1.807, 2.05) is 0 Å². The molecule has 0 aromatic carbocycles. The molecule has 10 heavy (non-hydrogen) atoms. The van der Waals surface area contributed by atoms with Crippen molar-refractivity contribution in [3.63, 3.8) is 0 Å². The van der Waals surface area contributed by atoms with Gasteiger partial charge in [-0.1, -0.05) is 6.42 Å². The second-order valence-corrected chi connectivity index (χ2v) is 2.66. The summed E-state index contributed by atoms with van der Waals surface area (Å²) in [5.74, 6) is -0.336. The molecule has 1 rings (SSSR count). The van der Waals surface area contributed by atoms with Crippen LogP contribution in [0.15, 0.2) is 0 Å². The highest BCUT2D eigenvalue weighted by Crippen LogP contribution is 2.29. The minimum Gasteiger partial charge on any atom is -0.467 e. The van der Waals surface area contributed by atoms with E-state index in [9.17, 15) is 4.79 Å². The Kier molecular flexibility index (Phi) is 2.27. The van der Waals surface area contributed by atoms with Gasteiger partial charge in [-0.25, -0.2) is 4.79 Å². The van der Waals surface area contributed by atoms with Crippen molar-refractivity contribution < 1.29 is 14.6 Å². The molecular formula is C7H12O3. The highest BCUT2D eigenvalue weighted by atomic mass is 16.5. The number of aliphatic hydroxyl groups excluding tert-OH is 1. The molecule has 1 aliphatic rings. The first kappa shape index (κ1) is 7.54. The molecule has 1 aliphatic carbocycles. The third-order valence-electron chi connectivity index (χ3n) is 2.04. The van der Waals surface area contributed by atoms with Crippen molar-refractivity contribution >= 4 is 5.97 Å². The van der Waals surface area contributed by atoms with Crippen molar-refractivity contribution in [2.45, 2.75) is 25.4 Å². The van der Waals surface area contributed by atoms with Crippen LogP contribution in [0.5, 0.6) is 0 Å². The van der Waals surface area contributed by atoms with Gasteiger partial charge in [0.25, 0.3) is 0 Å². The molecule has 0 amide bonds. The lowest BCUT2D eigenvalue weighted by molar-refractivity contribution is -0.155. The molecule has 1 saturated carbocycles. The maximum atomic E-state index is 10.7. The van der Waals surface area contributed by atoms with Crippen LogP contribution in [0.1, 0.15) is 19.3 Å². The third kappa shape index (κ3) is 1.29. The molecule has 3 nitrogen and oxygen atoms in total. The van der Waals surface area contributed by atoms with Crippen molar-refractivity contribution in [3.05, 3.63) is 0 Å². The number of methoxy groups -OCH3 is 1. The van der Waals surface area contributed by atoms with Gasteiger partial charge in [0.2, 0.25) is 0 Å². The zero-order chi connectivity index (χ0) is 7.56. The summed E-state index contributed by atoms with van der Waals surface area (Å²) in [5, 5.41) is 9.16. The molecule has 1 fully saturated rings. The summed E-state index contributed by atoms with van der Waals surface area (Å²) >= 11 is 0. The smallest absolute Gasteiger partial charge is 0.334 e. The number of carbonyl (C=O) groups is 1. The van der Waals surface area contributed by atoms with Gasteiger partial charge in [-0.2, -0.15) is 0 Å². The first-order chi connectivity index (χ1) is 4.75. The lowest BCUT2D eigenvalue weighted by Crippen LogP contribution is -2.34. The Hall–Kier alpha value is -0.570. The van der Waals surface area contributed by atoms with E-state index in [1.165, 1.54) is 7.11 Å². The Balaban J connectivity index is 2.31. The molecule has 0 saturated heterocycles. The number of esters is 1. The van der Waals surface area contributed by atoms with E-state index in [-0.39, 0.29) is 5.92 Å². The molecular weight excluding hydrogens is 132 g/mol. The van der Waals surface area contributed by atoms with Crippen LogP contribution in [0, 0.1) is 5.92 Å². The Bertz CT molecular complexity index is 129. The normalized spacial score (nSPS) is 21.4. The topological polar surface area (TPSA) is 46.5 Å². The maximum absolute atomic E-state index is 10.7. The van der Waals surface area contributed by atoms with Crippen LogP contribution in [0.2, 0.25) is 0 Å². The molecule has 0 heterocycles. The van der Waals surface area contributed by atoms with E-state index in [2.05, 4.69) is 4.74 Å². The van der Waals surface area contributed by atoms with E-state index in [0.29, 0.717) is 0 Å². The fourth-order valence-corrected chi connectivity index (χ4v) is 1.07. The summed E-state index contributed by atoms with van der Waals surface area (Å²) in [5.41, 5.74) is 0. The van der Waals surface area contributed by atoms with E-state index in [1.54, 1.807) is 0 Å². The standard InChI is InChI=1S/C7H12O3/c1-10-7(9)6(8)5-3-2-4-5/h5-6,8H,2-4H2,1H3/t6-/m1/s1. The van der Waals surface area contributed by atoms with Crippen molar-refractivity contribution in [2.24, 2.45) is 5.92 Å². The van der Waals surface area contributed by atoms with Crippen LogP contribution in [0.4, 0.5) is 0 Å². The number of hydrogen-bond donors (Lipinski definition) is 1. The highest BCUT2D eigenvalue weighted by molar-refractivity contribution is 5.74. The first-order valence-electron chi connectivity index (χ1n) is 3.51. The van der Waals surface area contributed by atoms with Gasteiger partial charge in [0.15, 0.2) is 6.10 Å². The lowest BCUT2D eigenvalue weighted by atomic mass is 9.81. The van der Waals surface area contributed by atoms with Gasteiger partial charge in [0.1, 0.15) is 0 Å². The Labute approximate surface area is 60.0 Å². The van der Waals surface area contributed by atoms with Crippen LogP contribution >= 0.6 is 0 Å². The van der Waals surface area contributed by atoms with E-state index >= 15 is 0 Å². The fraction of sp³-hybridized carbons (Fsp3) is 0.857. The van der Waals surface area contributed by atoms with Gasteiger partial charge in [0.05, 0.1) is 7.11 Å². The summed E-state index contributed by atoms with van der Waals surface area (Å²) in [6, 6.07) is 0. The van der Waals surface area contributed by atoms with Crippen molar-refractivity contribution in [1.29, 1.82) is 0 Å². The van der Waals surface area contributed by atoms with Crippen molar-refractivity contribution in [3.8, 4) is 0 Å². The minimum atomic E-state index is -0.876. The summed E-state index contributed by atoms with van der Waals surface area (Å²) in [4.78, 5) is 10.7. The summed E-state index contributed by atoms with van der Waals surface area (Å²) in [6.07, 6.45) is 2.16. The predicted octanol–water partition coefficient (Wildman–Crippen LogP) is 0.320. The zero-order valence-corrected chi connectivity index (χ0v) is 6.04. The van der Waals surface area contributed by atoms with E-state index in [0.717, 1.165) is 19.3 Å². The number of carbonyl (C=O) groups excluding carboxylic acids is 1. The Morgan fingerprint density at radius 1 is 1.70 bits per heavy atom. The average molecular weight is 144 g/mol. The summed E-state index contributed by atoms with van der Waals surface area (Å²) in [7, 11) is 1.30. The van der Waals surface area contributed by atoms with Gasteiger partial charge in [-0.05, 0) is 18.8 Å². The molecule has 0 aromatic rings. The molecule has 0 radical (unpaired) electrons. The molecule has 0 aliphatic heterocycles. The van der Waals surface area contributed by atoms with Crippen LogP contribution in [0.3, 0.4) is 0 Å². The van der Waals surface area contributed by atoms with Crippen LogP contribution in [0.25, 0.3) is 0 Å². The first-order valence-corrected chi connectivity index (χ1v) is 3.51. The second kappa shape index (κ2) is 3.01. The lowest BCUT2D eigenvalue weighted by Gasteiger charge is -2.28. The number of aliphatic hydroxyl groups is 1. The molecule has 0 spiro atoms. The molecule has 3 heteroatoms. The maximum Gasteiger partial charge on any atom is 0.334 e. The SMILES string of the molecule is COC(=O)[C@H](O)C1CCC1. The molecule has 0 aromatic heterocycles. The summed E-state index contributed by atoms with van der Waals surface area (Å²) in [6.45, 7) is 0. The van der Waals surface area contributed by atoms with Gasteiger partial charge in [-0.15, -0.1) is 0 Å². The zero-order valence-electron chi connectivity index (χ0n) is 6.04. The number of ether oxygens (including phenoxy) is 1. The van der Waals surface area contributed by atoms with Gasteiger partial charge in [0, 0.05) is 0 Å². The highest BCUT2D eigenvalue weighted by Gasteiger charge is 2.31. The summed E-state index contributed by atoms with van der Waals surface area (Å²) < 4.78 is 4.38. The van der Waals surface area contributed by atoms with E-state index in [4.69, 9.17) is 5.11 Å². The third-order valence-corrected chi connectivity index (χ3v) is 2.04. The molecule has 1 N–H and O–H groups in total. The van der Waals surface area contributed by atoms with Gasteiger partial charge in [-0.3, -0.25) is 0 Å². The van der Waals surface area contributed by atoms with Crippen molar-refractivity contribution in [1.82, 2.24) is 0 Å². The van der Waals surface area contributed by atoms with Crippen LogP contribution < -0.4 is 0 Å². The number of hydrogen-bond acceptors (Lipinski definition) is 3. The van der Waals surface area contributed by atoms with Crippen LogP contribution in [-0.4, -0.2) is 24.3 Å². The Morgan fingerprint density at radius 2 is 2.30 bits per heavy atom. The molecule has 58 valence electrons. The largest absolute Gasteiger partial charge is 0.467 e. The molecule has 0 unspecified atom stereocenters. The quantitative estimate of drug-likeness (QED) is 0.568. The monoisotopic (exact) mass is 144 g/mol. The fourth-order valence-electron chi connectivity index (χ4n) is 1.07. The van der Waals surface area contributed by atoms with E-state index < -0.39 is 12.1 Å². The second-order valence-electron chi connectivity index (χ2n) is 2.66. The van der Waals surface area contributed by atoms with Crippen molar-refractivity contribution in [2.75, 3.05) is 7.11 Å². The van der Waals surface area contributed by atoms with Gasteiger partial charge >= 0.3 is 5.97 Å². The molecule has 0 bridgehead atoms. The predicted molar refractivity (Wildman–Crippen MR) is 35.4 cm³/mol. The average Bonchev–Trinajstić information content (AvgIpc) is 1.82.